The van der Waals surface area contributed by atoms with E-state index < -0.39 is 11.6 Å². The molecule has 6 nitrogen and oxygen atoms in total. The second-order valence-corrected chi connectivity index (χ2v) is 5.92. The molecule has 2 heterocycles. The van der Waals surface area contributed by atoms with E-state index in [9.17, 15) is 9.59 Å². The Morgan fingerprint density at radius 3 is 2.90 bits per heavy atom. The molecule has 0 aromatic heterocycles. The Morgan fingerprint density at radius 1 is 1.43 bits per heavy atom. The summed E-state index contributed by atoms with van der Waals surface area (Å²) in [6.45, 7) is 1.52. The van der Waals surface area contributed by atoms with Crippen molar-refractivity contribution in [3.8, 4) is 0 Å². The molecule has 0 aliphatic carbocycles. The Balaban J connectivity index is 1.78. The number of nitrogens with two attached hydrogens (primary N) is 1. The number of nitrogens with one attached hydrogen (secondary N) is 2. The second kappa shape index (κ2) is 5.37. The van der Waals surface area contributed by atoms with Crippen molar-refractivity contribution < 1.29 is 9.59 Å². The quantitative estimate of drug-likeness (QED) is 0.750. The average molecular weight is 288 g/mol. The molecule has 2 fully saturated rings. The Hall–Kier alpha value is -2.08. The molecular weight excluding hydrogens is 268 g/mol. The molecule has 2 aliphatic rings. The second-order valence-electron chi connectivity index (χ2n) is 5.92. The highest BCUT2D eigenvalue weighted by atomic mass is 16.2. The zero-order chi connectivity index (χ0) is 14.9. The van der Waals surface area contributed by atoms with Crippen LogP contribution in [0, 0.1) is 0 Å². The summed E-state index contributed by atoms with van der Waals surface area (Å²) in [5.74, 6) is 0.00755. The van der Waals surface area contributed by atoms with Crippen molar-refractivity contribution in [3.05, 3.63) is 35.9 Å². The van der Waals surface area contributed by atoms with Crippen LogP contribution in [0.15, 0.2) is 30.3 Å². The first-order chi connectivity index (χ1) is 10.1. The minimum absolute atomic E-state index is 0.00755. The van der Waals surface area contributed by atoms with Gasteiger partial charge in [0.05, 0.1) is 12.1 Å². The Labute approximate surface area is 123 Å². The lowest BCUT2D eigenvalue weighted by atomic mass is 9.81. The maximum Gasteiger partial charge on any atom is 0.312 e. The Bertz CT molecular complexity index is 548. The minimum Gasteiger partial charge on any atom is -0.352 e. The van der Waals surface area contributed by atoms with Gasteiger partial charge in [-0.05, 0) is 18.4 Å². The van der Waals surface area contributed by atoms with Crippen molar-refractivity contribution in [2.24, 2.45) is 5.73 Å². The molecule has 4 N–H and O–H groups in total. The van der Waals surface area contributed by atoms with Crippen LogP contribution in [-0.4, -0.2) is 42.0 Å². The van der Waals surface area contributed by atoms with Crippen LogP contribution in [0.25, 0.3) is 0 Å². The number of carbonyl (C=O) groups is 2. The van der Waals surface area contributed by atoms with E-state index in [1.165, 1.54) is 5.56 Å². The molecule has 2 aliphatic heterocycles. The van der Waals surface area contributed by atoms with Gasteiger partial charge in [-0.25, -0.2) is 4.79 Å². The normalized spacial score (nSPS) is 31.3. The third kappa shape index (κ3) is 2.85. The van der Waals surface area contributed by atoms with Crippen molar-refractivity contribution in [2.45, 2.75) is 24.4 Å². The maximum atomic E-state index is 12.0. The summed E-state index contributed by atoms with van der Waals surface area (Å²) in [5, 5.41) is 5.67. The van der Waals surface area contributed by atoms with Gasteiger partial charge in [-0.1, -0.05) is 30.3 Å². The monoisotopic (exact) mass is 288 g/mol. The lowest BCUT2D eigenvalue weighted by Crippen LogP contribution is -2.69. The van der Waals surface area contributed by atoms with E-state index in [-0.39, 0.29) is 11.9 Å². The number of hydrogen-bond donors (Lipinski definition) is 3. The molecule has 1 aromatic rings. The molecule has 0 radical (unpaired) electrons. The standard InChI is InChI=1S/C15H20N4O2/c16-14(21)17-9-15-7-6-12(11-4-2-1-3-5-11)19(10-15)8-13(20)18-15/h1-5,12H,6-10H2,(H,18,20)(H3,16,17,21)/t12-,15-/m0/s1. The van der Waals surface area contributed by atoms with Crippen molar-refractivity contribution in [1.82, 2.24) is 15.5 Å². The molecule has 1 unspecified atom stereocenters. The van der Waals surface area contributed by atoms with Crippen LogP contribution in [0.1, 0.15) is 24.4 Å². The van der Waals surface area contributed by atoms with Crippen LogP contribution < -0.4 is 16.4 Å². The molecule has 3 atom stereocenters. The zero-order valence-corrected chi connectivity index (χ0v) is 11.8. The van der Waals surface area contributed by atoms with E-state index in [2.05, 4.69) is 27.7 Å². The molecule has 2 bridgehead atoms. The van der Waals surface area contributed by atoms with Gasteiger partial charge in [0.25, 0.3) is 0 Å². The van der Waals surface area contributed by atoms with Gasteiger partial charge in [0.2, 0.25) is 5.91 Å². The molecule has 2 saturated heterocycles. The van der Waals surface area contributed by atoms with E-state index >= 15 is 0 Å². The van der Waals surface area contributed by atoms with Gasteiger partial charge in [-0.2, -0.15) is 0 Å². The number of carbonyl (C=O) groups excluding carboxylic acids is 2. The molecule has 6 heteroatoms. The first-order valence-electron chi connectivity index (χ1n) is 7.21. The largest absolute Gasteiger partial charge is 0.352 e. The lowest BCUT2D eigenvalue weighted by molar-refractivity contribution is -0.131. The third-order valence-corrected chi connectivity index (χ3v) is 4.38. The molecule has 0 saturated carbocycles. The summed E-state index contributed by atoms with van der Waals surface area (Å²) in [6.07, 6.45) is 1.78. The highest BCUT2D eigenvalue weighted by Crippen LogP contribution is 2.36. The predicted molar refractivity (Wildman–Crippen MR) is 78.4 cm³/mol. The number of piperazine rings is 1. The fourth-order valence-electron chi connectivity index (χ4n) is 3.46. The van der Waals surface area contributed by atoms with E-state index in [0.29, 0.717) is 13.1 Å². The first-order valence-corrected chi connectivity index (χ1v) is 7.21. The molecule has 3 rings (SSSR count). The minimum atomic E-state index is -0.555. The van der Waals surface area contributed by atoms with Gasteiger partial charge >= 0.3 is 6.03 Å². The van der Waals surface area contributed by atoms with Crippen molar-refractivity contribution in [1.29, 1.82) is 0 Å². The highest BCUT2D eigenvalue weighted by molar-refractivity contribution is 5.80. The number of fused-ring (bicyclic) bond motifs is 2. The van der Waals surface area contributed by atoms with E-state index in [1.54, 1.807) is 0 Å². The number of primary amides is 1. The Kier molecular flexibility index (Phi) is 3.55. The number of nitrogens with zero attached hydrogens (tertiary/aromatic N) is 1. The van der Waals surface area contributed by atoms with Gasteiger partial charge in [0, 0.05) is 19.1 Å². The third-order valence-electron chi connectivity index (χ3n) is 4.38. The summed E-state index contributed by atoms with van der Waals surface area (Å²) in [5.41, 5.74) is 6.00. The van der Waals surface area contributed by atoms with E-state index in [0.717, 1.165) is 19.4 Å². The SMILES string of the molecule is NC(=O)NC[C@]12CC[C@@H](c3ccccc3)N(CC(=O)N1)C2. The van der Waals surface area contributed by atoms with E-state index in [1.807, 2.05) is 18.2 Å². The summed E-state index contributed by atoms with van der Waals surface area (Å²) in [4.78, 5) is 25.2. The van der Waals surface area contributed by atoms with Gasteiger partial charge in [0.15, 0.2) is 0 Å². The molecule has 3 amide bonds. The molecule has 21 heavy (non-hydrogen) atoms. The van der Waals surface area contributed by atoms with Crippen LogP contribution in [0.3, 0.4) is 0 Å². The topological polar surface area (TPSA) is 87.5 Å². The molecule has 0 spiro atoms. The number of rotatable bonds is 3. The van der Waals surface area contributed by atoms with Crippen LogP contribution in [-0.2, 0) is 4.79 Å². The number of hydrogen-bond acceptors (Lipinski definition) is 3. The zero-order valence-electron chi connectivity index (χ0n) is 11.8. The molecular formula is C15H20N4O2. The van der Waals surface area contributed by atoms with Gasteiger partial charge < -0.3 is 16.4 Å². The fraction of sp³-hybridized carbons (Fsp3) is 0.467. The number of piperidine rings is 1. The Morgan fingerprint density at radius 2 is 2.19 bits per heavy atom. The average Bonchev–Trinajstić information content (AvgIpc) is 2.46. The van der Waals surface area contributed by atoms with Gasteiger partial charge in [0.1, 0.15) is 0 Å². The summed E-state index contributed by atoms with van der Waals surface area (Å²) in [7, 11) is 0. The number of benzene rings is 1. The summed E-state index contributed by atoms with van der Waals surface area (Å²) in [6, 6.07) is 9.96. The number of urea groups is 1. The summed E-state index contributed by atoms with van der Waals surface area (Å²) < 4.78 is 0. The first kappa shape index (κ1) is 13.9. The van der Waals surface area contributed by atoms with Crippen LogP contribution in [0.5, 0.6) is 0 Å². The van der Waals surface area contributed by atoms with Crippen LogP contribution >= 0.6 is 0 Å². The number of amides is 3. The van der Waals surface area contributed by atoms with Gasteiger partial charge in [-0.15, -0.1) is 0 Å². The highest BCUT2D eigenvalue weighted by Gasteiger charge is 2.45. The lowest BCUT2D eigenvalue weighted by Gasteiger charge is -2.51. The van der Waals surface area contributed by atoms with Crippen LogP contribution in [0.2, 0.25) is 0 Å². The van der Waals surface area contributed by atoms with Crippen molar-refractivity contribution >= 4 is 11.9 Å². The van der Waals surface area contributed by atoms with Crippen LogP contribution in [0.4, 0.5) is 4.79 Å². The van der Waals surface area contributed by atoms with Gasteiger partial charge in [-0.3, -0.25) is 9.69 Å². The van der Waals surface area contributed by atoms with Crippen molar-refractivity contribution in [3.63, 3.8) is 0 Å². The fourth-order valence-corrected chi connectivity index (χ4v) is 3.46. The summed E-state index contributed by atoms with van der Waals surface area (Å²) >= 11 is 0. The predicted octanol–water partition coefficient (Wildman–Crippen LogP) is 0.360. The molecule has 1 aromatic carbocycles. The van der Waals surface area contributed by atoms with E-state index in [4.69, 9.17) is 5.73 Å². The maximum absolute atomic E-state index is 12.0. The smallest absolute Gasteiger partial charge is 0.312 e. The van der Waals surface area contributed by atoms with Crippen molar-refractivity contribution in [2.75, 3.05) is 19.6 Å². The molecule has 112 valence electrons.